The fraction of sp³-hybridized carbons (Fsp3) is 0.333. The van der Waals surface area contributed by atoms with Crippen molar-refractivity contribution in [2.45, 2.75) is 18.4 Å². The number of rotatable bonds is 9. The van der Waals surface area contributed by atoms with Gasteiger partial charge in [-0.3, -0.25) is 4.79 Å². The van der Waals surface area contributed by atoms with E-state index in [1.807, 2.05) is 0 Å². The predicted octanol–water partition coefficient (Wildman–Crippen LogP) is 2.37. The van der Waals surface area contributed by atoms with Crippen LogP contribution in [0.1, 0.15) is 5.56 Å². The van der Waals surface area contributed by atoms with Gasteiger partial charge in [0, 0.05) is 22.1 Å². The Morgan fingerprint density at radius 3 is 2.81 bits per heavy atom. The molecule has 0 heterocycles. The van der Waals surface area contributed by atoms with Crippen molar-refractivity contribution in [2.24, 2.45) is 0 Å². The average Bonchev–Trinajstić information content (AvgIpc) is 2.40. The number of carboxylic acids is 1. The lowest BCUT2D eigenvalue weighted by atomic mass is 10.2. The number of alkyl halides is 2. The van der Waals surface area contributed by atoms with Crippen LogP contribution in [0.4, 0.5) is 8.78 Å². The van der Waals surface area contributed by atoms with Gasteiger partial charge < -0.3 is 15.2 Å². The van der Waals surface area contributed by atoms with Crippen LogP contribution in [0.2, 0.25) is 5.02 Å². The van der Waals surface area contributed by atoms with Gasteiger partial charge in [-0.05, 0) is 18.2 Å². The molecule has 0 aromatic heterocycles. The van der Waals surface area contributed by atoms with E-state index in [1.165, 1.54) is 18.2 Å². The van der Waals surface area contributed by atoms with Crippen LogP contribution in [0.25, 0.3) is 0 Å². The second-order valence-corrected chi connectivity index (χ2v) is 5.29. The molecule has 0 aliphatic rings. The minimum absolute atomic E-state index is 0.0166. The topological polar surface area (TPSA) is 75.6 Å². The van der Waals surface area contributed by atoms with Gasteiger partial charge in [-0.25, -0.2) is 4.79 Å². The van der Waals surface area contributed by atoms with Crippen molar-refractivity contribution in [1.82, 2.24) is 5.32 Å². The van der Waals surface area contributed by atoms with E-state index in [4.69, 9.17) is 16.7 Å². The van der Waals surface area contributed by atoms with E-state index in [0.29, 0.717) is 17.0 Å². The molecule has 0 spiro atoms. The molecule has 0 aliphatic carbocycles. The van der Waals surface area contributed by atoms with Gasteiger partial charge in [-0.15, -0.1) is 0 Å². The number of nitrogens with one attached hydrogen (secondary N) is 1. The number of halogens is 3. The Bertz CT molecular complexity index is 504. The number of carbonyl (C=O) groups is 2. The lowest BCUT2D eigenvalue weighted by Gasteiger charge is -2.13. The van der Waals surface area contributed by atoms with Crippen molar-refractivity contribution >= 4 is 35.7 Å². The molecule has 2 N–H and O–H groups in total. The maximum Gasteiger partial charge on any atom is 0.387 e. The first-order chi connectivity index (χ1) is 9.93. The standard InChI is InChI=1S/C12H12ClF2NO4S/c13-8-1-2-10(20-12(14)15)7(3-8)4-21-5-9(11(18)19)16-6-17/h1-3,6,9,12H,4-5H2,(H,16,17)(H,18,19). The molecule has 9 heteroatoms. The van der Waals surface area contributed by atoms with E-state index >= 15 is 0 Å². The zero-order valence-corrected chi connectivity index (χ0v) is 12.2. The van der Waals surface area contributed by atoms with Gasteiger partial charge in [-0.1, -0.05) is 11.6 Å². The Balaban J connectivity index is 2.67. The van der Waals surface area contributed by atoms with Crippen LogP contribution in [0.15, 0.2) is 18.2 Å². The number of aliphatic carboxylic acids is 1. The summed E-state index contributed by atoms with van der Waals surface area (Å²) in [6.07, 6.45) is 0.296. The highest BCUT2D eigenvalue weighted by Gasteiger charge is 2.17. The third-order valence-corrected chi connectivity index (χ3v) is 3.67. The summed E-state index contributed by atoms with van der Waals surface area (Å²) in [5, 5.41) is 11.3. The first kappa shape index (κ1) is 17.5. The van der Waals surface area contributed by atoms with Gasteiger partial charge in [0.15, 0.2) is 0 Å². The van der Waals surface area contributed by atoms with E-state index in [9.17, 15) is 18.4 Å². The van der Waals surface area contributed by atoms with Gasteiger partial charge in [-0.2, -0.15) is 20.5 Å². The molecule has 0 aliphatic heterocycles. The Morgan fingerprint density at radius 1 is 1.52 bits per heavy atom. The van der Waals surface area contributed by atoms with Crippen LogP contribution in [0.3, 0.4) is 0 Å². The quantitative estimate of drug-likeness (QED) is 0.676. The van der Waals surface area contributed by atoms with Gasteiger partial charge in [0.25, 0.3) is 0 Å². The highest BCUT2D eigenvalue weighted by atomic mass is 35.5. The summed E-state index contributed by atoms with van der Waals surface area (Å²) in [4.78, 5) is 21.1. The summed E-state index contributed by atoms with van der Waals surface area (Å²) in [6, 6.07) is 3.16. The summed E-state index contributed by atoms with van der Waals surface area (Å²) < 4.78 is 28.9. The van der Waals surface area contributed by atoms with Crippen molar-refractivity contribution in [3.05, 3.63) is 28.8 Å². The number of amides is 1. The highest BCUT2D eigenvalue weighted by Crippen LogP contribution is 2.28. The molecular formula is C12H12ClF2NO4S. The Labute approximate surface area is 128 Å². The molecule has 116 valence electrons. The minimum Gasteiger partial charge on any atom is -0.480 e. The van der Waals surface area contributed by atoms with E-state index in [-0.39, 0.29) is 17.3 Å². The van der Waals surface area contributed by atoms with Gasteiger partial charge in [0.1, 0.15) is 11.8 Å². The monoisotopic (exact) mass is 339 g/mol. The van der Waals surface area contributed by atoms with Crippen molar-refractivity contribution in [2.75, 3.05) is 5.75 Å². The summed E-state index contributed by atoms with van der Waals surface area (Å²) in [7, 11) is 0. The van der Waals surface area contributed by atoms with Gasteiger partial charge in [0.2, 0.25) is 6.41 Å². The lowest BCUT2D eigenvalue weighted by molar-refractivity contribution is -0.139. The van der Waals surface area contributed by atoms with Crippen molar-refractivity contribution < 1.29 is 28.2 Å². The van der Waals surface area contributed by atoms with Gasteiger partial charge in [0.05, 0.1) is 0 Å². The normalized spacial score (nSPS) is 12.0. The van der Waals surface area contributed by atoms with Crippen LogP contribution in [-0.4, -0.2) is 35.9 Å². The maximum atomic E-state index is 12.3. The molecule has 1 rings (SSSR count). The van der Waals surface area contributed by atoms with Crippen LogP contribution in [-0.2, 0) is 15.3 Å². The smallest absolute Gasteiger partial charge is 0.387 e. The van der Waals surface area contributed by atoms with Crippen LogP contribution >= 0.6 is 23.4 Å². The number of hydrogen-bond acceptors (Lipinski definition) is 4. The van der Waals surface area contributed by atoms with Crippen molar-refractivity contribution in [3.63, 3.8) is 0 Å². The molecule has 0 fully saturated rings. The number of hydrogen-bond donors (Lipinski definition) is 2. The van der Waals surface area contributed by atoms with Crippen molar-refractivity contribution in [1.29, 1.82) is 0 Å². The number of thioether (sulfide) groups is 1. The van der Waals surface area contributed by atoms with Crippen LogP contribution in [0.5, 0.6) is 5.75 Å². The summed E-state index contributed by atoms with van der Waals surface area (Å²) in [5.41, 5.74) is 0.419. The molecule has 0 bridgehead atoms. The maximum absolute atomic E-state index is 12.3. The largest absolute Gasteiger partial charge is 0.480 e. The summed E-state index contributed by atoms with van der Waals surface area (Å²) in [6.45, 7) is -2.96. The Kier molecular flexibility index (Phi) is 7.24. The van der Waals surface area contributed by atoms with E-state index in [1.54, 1.807) is 0 Å². The third-order valence-electron chi connectivity index (χ3n) is 2.35. The molecule has 0 saturated carbocycles. The SMILES string of the molecule is O=CNC(CSCc1cc(Cl)ccc1OC(F)F)C(=O)O. The molecular weight excluding hydrogens is 328 g/mol. The average molecular weight is 340 g/mol. The molecule has 0 saturated heterocycles. The molecule has 5 nitrogen and oxygen atoms in total. The number of ether oxygens (including phenoxy) is 1. The molecule has 1 aromatic carbocycles. The first-order valence-corrected chi connectivity index (χ1v) is 7.20. The third kappa shape index (κ3) is 6.17. The van der Waals surface area contributed by atoms with E-state index in [0.717, 1.165) is 11.8 Å². The first-order valence-electron chi connectivity index (χ1n) is 5.67. The Morgan fingerprint density at radius 2 is 2.24 bits per heavy atom. The molecule has 1 amide bonds. The van der Waals surface area contributed by atoms with Crippen LogP contribution in [0, 0.1) is 0 Å². The number of benzene rings is 1. The molecule has 1 atom stereocenters. The fourth-order valence-electron chi connectivity index (χ4n) is 1.43. The molecule has 1 unspecified atom stereocenters. The number of carboxylic acid groups (broad SMARTS) is 1. The second kappa shape index (κ2) is 8.68. The fourth-order valence-corrected chi connectivity index (χ4v) is 2.66. The lowest BCUT2D eigenvalue weighted by Crippen LogP contribution is -2.37. The summed E-state index contributed by atoms with van der Waals surface area (Å²) in [5.74, 6) is -0.899. The minimum atomic E-state index is -2.96. The van der Waals surface area contributed by atoms with Crippen molar-refractivity contribution in [3.8, 4) is 5.75 Å². The second-order valence-electron chi connectivity index (χ2n) is 3.82. The number of carbonyl (C=O) groups excluding carboxylic acids is 1. The molecule has 0 radical (unpaired) electrons. The van der Waals surface area contributed by atoms with E-state index < -0.39 is 18.6 Å². The highest BCUT2D eigenvalue weighted by molar-refractivity contribution is 7.98. The molecule has 1 aromatic rings. The Hall–Kier alpha value is -1.54. The summed E-state index contributed by atoms with van der Waals surface area (Å²) >= 11 is 6.94. The van der Waals surface area contributed by atoms with E-state index in [2.05, 4.69) is 10.1 Å². The molecule has 21 heavy (non-hydrogen) atoms. The van der Waals surface area contributed by atoms with Gasteiger partial charge >= 0.3 is 12.6 Å². The predicted molar refractivity (Wildman–Crippen MR) is 74.9 cm³/mol. The zero-order chi connectivity index (χ0) is 15.8. The van der Waals surface area contributed by atoms with Crippen LogP contribution < -0.4 is 10.1 Å². The zero-order valence-electron chi connectivity index (χ0n) is 10.6.